The molecule has 1 heterocycles. The Hall–Kier alpha value is -1.79. The number of anilines is 1. The summed E-state index contributed by atoms with van der Waals surface area (Å²) < 4.78 is 42.1. The molecule has 0 aromatic carbocycles. The third kappa shape index (κ3) is 3.90. The van der Waals surface area contributed by atoms with Crippen molar-refractivity contribution in [3.63, 3.8) is 0 Å². The summed E-state index contributed by atoms with van der Waals surface area (Å²) >= 11 is 0. The number of hydrogen-bond donors (Lipinski definition) is 0. The predicted octanol–water partition coefficient (Wildman–Crippen LogP) is 2.10. The summed E-state index contributed by atoms with van der Waals surface area (Å²) in [7, 11) is 1.47. The number of likely N-dealkylation sites (N-methyl/N-ethyl adjacent to an activating group) is 1. The van der Waals surface area contributed by atoms with Crippen LogP contribution in [0.15, 0.2) is 18.3 Å². The number of rotatable bonds is 4. The molecule has 0 aliphatic heterocycles. The van der Waals surface area contributed by atoms with Crippen molar-refractivity contribution in [2.75, 3.05) is 25.1 Å². The van der Waals surface area contributed by atoms with E-state index < -0.39 is 17.7 Å². The van der Waals surface area contributed by atoms with Crippen LogP contribution in [0.5, 0.6) is 0 Å². The van der Waals surface area contributed by atoms with Gasteiger partial charge in [0, 0.05) is 13.2 Å². The molecule has 100 valence electrons. The SMILES string of the molecule is CCOC(=O)CN(C)c1cc(C(F)(F)F)ccn1. The highest BCUT2D eigenvalue weighted by atomic mass is 19.4. The van der Waals surface area contributed by atoms with Gasteiger partial charge in [0.05, 0.1) is 12.2 Å². The first kappa shape index (κ1) is 14.3. The van der Waals surface area contributed by atoms with Gasteiger partial charge in [0.2, 0.25) is 0 Å². The van der Waals surface area contributed by atoms with E-state index in [1.807, 2.05) is 0 Å². The van der Waals surface area contributed by atoms with Crippen molar-refractivity contribution in [2.45, 2.75) is 13.1 Å². The van der Waals surface area contributed by atoms with Crippen molar-refractivity contribution in [1.29, 1.82) is 0 Å². The van der Waals surface area contributed by atoms with Crippen LogP contribution in [0.1, 0.15) is 12.5 Å². The minimum Gasteiger partial charge on any atom is -0.465 e. The van der Waals surface area contributed by atoms with Crippen molar-refractivity contribution in [3.8, 4) is 0 Å². The monoisotopic (exact) mass is 262 g/mol. The lowest BCUT2D eigenvalue weighted by atomic mass is 10.2. The molecule has 4 nitrogen and oxygen atoms in total. The second-order valence-electron chi connectivity index (χ2n) is 3.56. The van der Waals surface area contributed by atoms with E-state index in [4.69, 9.17) is 4.74 Å². The van der Waals surface area contributed by atoms with Crippen LogP contribution >= 0.6 is 0 Å². The maximum Gasteiger partial charge on any atom is 0.416 e. The fourth-order valence-corrected chi connectivity index (χ4v) is 1.28. The molecule has 0 unspecified atom stereocenters. The highest BCUT2D eigenvalue weighted by Crippen LogP contribution is 2.30. The van der Waals surface area contributed by atoms with E-state index >= 15 is 0 Å². The fourth-order valence-electron chi connectivity index (χ4n) is 1.28. The van der Waals surface area contributed by atoms with Crippen molar-refractivity contribution >= 4 is 11.8 Å². The Morgan fingerprint density at radius 2 is 2.17 bits per heavy atom. The van der Waals surface area contributed by atoms with Gasteiger partial charge in [-0.15, -0.1) is 0 Å². The summed E-state index contributed by atoms with van der Waals surface area (Å²) in [4.78, 5) is 16.3. The molecule has 0 spiro atoms. The Bertz CT molecular complexity index is 421. The summed E-state index contributed by atoms with van der Waals surface area (Å²) in [6.07, 6.45) is -3.37. The fraction of sp³-hybridized carbons (Fsp3) is 0.455. The maximum atomic E-state index is 12.5. The molecule has 0 saturated heterocycles. The first-order valence-electron chi connectivity index (χ1n) is 5.24. The van der Waals surface area contributed by atoms with Crippen LogP contribution in [0.25, 0.3) is 0 Å². The third-order valence-corrected chi connectivity index (χ3v) is 2.14. The molecule has 1 rings (SSSR count). The lowest BCUT2D eigenvalue weighted by Gasteiger charge is -2.18. The van der Waals surface area contributed by atoms with Gasteiger partial charge in [0.15, 0.2) is 0 Å². The molecule has 0 atom stereocenters. The molecular formula is C11H13F3N2O2. The number of nitrogens with zero attached hydrogens (tertiary/aromatic N) is 2. The first-order valence-corrected chi connectivity index (χ1v) is 5.24. The summed E-state index contributed by atoms with van der Waals surface area (Å²) in [6.45, 7) is 1.73. The van der Waals surface area contributed by atoms with Gasteiger partial charge >= 0.3 is 12.1 Å². The van der Waals surface area contributed by atoms with Crippen LogP contribution in [0.2, 0.25) is 0 Å². The number of pyridine rings is 1. The number of ether oxygens (including phenoxy) is 1. The minimum atomic E-state index is -4.43. The summed E-state index contributed by atoms with van der Waals surface area (Å²) in [5, 5.41) is 0. The quantitative estimate of drug-likeness (QED) is 0.779. The number of carbonyl (C=O) groups is 1. The van der Waals surface area contributed by atoms with Crippen LogP contribution < -0.4 is 4.90 Å². The Morgan fingerprint density at radius 3 is 2.72 bits per heavy atom. The molecule has 0 bridgehead atoms. The Balaban J connectivity index is 2.80. The van der Waals surface area contributed by atoms with Gasteiger partial charge in [-0.05, 0) is 19.1 Å². The summed E-state index contributed by atoms with van der Waals surface area (Å²) in [5.41, 5.74) is -0.803. The lowest BCUT2D eigenvalue weighted by Crippen LogP contribution is -2.28. The molecule has 0 fully saturated rings. The number of hydrogen-bond acceptors (Lipinski definition) is 4. The zero-order valence-corrected chi connectivity index (χ0v) is 9.99. The first-order chi connectivity index (χ1) is 8.34. The molecule has 0 aliphatic carbocycles. The second-order valence-corrected chi connectivity index (χ2v) is 3.56. The van der Waals surface area contributed by atoms with Gasteiger partial charge in [-0.25, -0.2) is 4.98 Å². The second kappa shape index (κ2) is 5.70. The number of halogens is 3. The van der Waals surface area contributed by atoms with Crippen molar-refractivity contribution in [2.24, 2.45) is 0 Å². The zero-order valence-electron chi connectivity index (χ0n) is 9.99. The topological polar surface area (TPSA) is 42.4 Å². The normalized spacial score (nSPS) is 11.2. The highest BCUT2D eigenvalue weighted by Gasteiger charge is 2.31. The third-order valence-electron chi connectivity index (χ3n) is 2.14. The van der Waals surface area contributed by atoms with Gasteiger partial charge < -0.3 is 9.64 Å². The van der Waals surface area contributed by atoms with Gasteiger partial charge in [-0.1, -0.05) is 0 Å². The van der Waals surface area contributed by atoms with E-state index in [1.54, 1.807) is 6.92 Å². The van der Waals surface area contributed by atoms with E-state index in [2.05, 4.69) is 4.98 Å². The van der Waals surface area contributed by atoms with E-state index in [9.17, 15) is 18.0 Å². The van der Waals surface area contributed by atoms with E-state index in [0.717, 1.165) is 18.3 Å². The van der Waals surface area contributed by atoms with Crippen LogP contribution in [0.3, 0.4) is 0 Å². The average Bonchev–Trinajstić information content (AvgIpc) is 2.28. The van der Waals surface area contributed by atoms with Crippen LogP contribution in [-0.4, -0.2) is 31.2 Å². The van der Waals surface area contributed by atoms with E-state index in [-0.39, 0.29) is 19.0 Å². The molecule has 1 aromatic heterocycles. The maximum absolute atomic E-state index is 12.5. The number of carbonyl (C=O) groups excluding carboxylic acids is 1. The van der Waals surface area contributed by atoms with E-state index in [1.165, 1.54) is 11.9 Å². The zero-order chi connectivity index (χ0) is 13.8. The molecular weight excluding hydrogens is 249 g/mol. The lowest BCUT2D eigenvalue weighted by molar-refractivity contribution is -0.141. The van der Waals surface area contributed by atoms with Gasteiger partial charge in [0.1, 0.15) is 12.4 Å². The largest absolute Gasteiger partial charge is 0.465 e. The molecule has 7 heteroatoms. The standard InChI is InChI=1S/C11H13F3N2O2/c1-3-18-10(17)7-16(2)9-6-8(4-5-15-9)11(12,13)14/h4-6H,3,7H2,1-2H3. The average molecular weight is 262 g/mol. The minimum absolute atomic E-state index is 0.0675. The Morgan fingerprint density at radius 1 is 1.50 bits per heavy atom. The summed E-state index contributed by atoms with van der Waals surface area (Å²) in [5.74, 6) is -0.447. The number of aromatic nitrogens is 1. The van der Waals surface area contributed by atoms with Gasteiger partial charge in [-0.2, -0.15) is 13.2 Å². The molecule has 0 saturated carbocycles. The molecule has 0 radical (unpaired) electrons. The van der Waals surface area contributed by atoms with Gasteiger partial charge in [0.25, 0.3) is 0 Å². The smallest absolute Gasteiger partial charge is 0.416 e. The van der Waals surface area contributed by atoms with Crippen LogP contribution in [0.4, 0.5) is 19.0 Å². The van der Waals surface area contributed by atoms with Gasteiger partial charge in [-0.3, -0.25) is 4.79 Å². The molecule has 0 aliphatic rings. The predicted molar refractivity (Wildman–Crippen MR) is 59.1 cm³/mol. The molecule has 18 heavy (non-hydrogen) atoms. The summed E-state index contributed by atoms with van der Waals surface area (Å²) in [6, 6.07) is 1.76. The van der Waals surface area contributed by atoms with E-state index in [0.29, 0.717) is 0 Å². The Kier molecular flexibility index (Phi) is 4.52. The van der Waals surface area contributed by atoms with Crippen LogP contribution in [0, 0.1) is 0 Å². The number of alkyl halides is 3. The number of esters is 1. The highest BCUT2D eigenvalue weighted by molar-refractivity contribution is 5.75. The molecule has 0 N–H and O–H groups in total. The molecule has 0 amide bonds. The molecule has 1 aromatic rings. The van der Waals surface area contributed by atoms with Crippen molar-refractivity contribution < 1.29 is 22.7 Å². The van der Waals surface area contributed by atoms with Crippen LogP contribution in [-0.2, 0) is 15.7 Å². The van der Waals surface area contributed by atoms with Crippen molar-refractivity contribution in [1.82, 2.24) is 4.98 Å². The van der Waals surface area contributed by atoms with Crippen molar-refractivity contribution in [3.05, 3.63) is 23.9 Å². The Labute approximate surface area is 102 Å².